The summed E-state index contributed by atoms with van der Waals surface area (Å²) in [6, 6.07) is 18.2. The molecule has 0 radical (unpaired) electrons. The van der Waals surface area contributed by atoms with Crippen LogP contribution in [0.3, 0.4) is 0 Å². The summed E-state index contributed by atoms with van der Waals surface area (Å²) >= 11 is 6.33. The van der Waals surface area contributed by atoms with Gasteiger partial charge in [-0.15, -0.1) is 0 Å². The summed E-state index contributed by atoms with van der Waals surface area (Å²) in [4.78, 5) is 20.1. The largest absolute Gasteiger partial charge is 0.493 e. The van der Waals surface area contributed by atoms with Crippen molar-refractivity contribution < 1.29 is 24.1 Å². The topological polar surface area (TPSA) is 98.1 Å². The highest BCUT2D eigenvalue weighted by Crippen LogP contribution is 2.58. The van der Waals surface area contributed by atoms with E-state index in [1.54, 1.807) is 0 Å². The fourth-order valence-electron chi connectivity index (χ4n) is 10.4. The van der Waals surface area contributed by atoms with Crippen molar-refractivity contribution in [2.24, 2.45) is 24.8 Å². The molecule has 1 unspecified atom stereocenters. The number of carboxylic acids is 1. The van der Waals surface area contributed by atoms with Crippen LogP contribution in [0.15, 0.2) is 67.0 Å². The van der Waals surface area contributed by atoms with Crippen molar-refractivity contribution in [1.29, 1.82) is 0 Å². The predicted molar refractivity (Wildman–Crippen MR) is 220 cm³/mol. The fourth-order valence-corrected chi connectivity index (χ4v) is 10.5. The Balaban J connectivity index is 1.02. The summed E-state index contributed by atoms with van der Waals surface area (Å²) in [5.74, 6) is 3.08. The number of halogens is 1. The lowest BCUT2D eigenvalue weighted by molar-refractivity contribution is -0.144. The molecule has 1 spiro atoms. The highest BCUT2D eigenvalue weighted by atomic mass is 35.5. The van der Waals surface area contributed by atoms with E-state index < -0.39 is 11.5 Å². The zero-order valence-electron chi connectivity index (χ0n) is 33.4. The maximum absolute atomic E-state index is 13.1. The summed E-state index contributed by atoms with van der Waals surface area (Å²) in [5.41, 5.74) is 5.80. The first-order valence-corrected chi connectivity index (χ1v) is 21.0. The van der Waals surface area contributed by atoms with Gasteiger partial charge in [-0.2, -0.15) is 0 Å². The van der Waals surface area contributed by atoms with Crippen molar-refractivity contribution in [2.45, 2.75) is 95.1 Å². The predicted octanol–water partition coefficient (Wildman–Crippen LogP) is 9.06. The van der Waals surface area contributed by atoms with Gasteiger partial charge in [-0.25, -0.2) is 4.79 Å². The summed E-state index contributed by atoms with van der Waals surface area (Å²) in [6.45, 7) is 8.12. The van der Waals surface area contributed by atoms with E-state index >= 15 is 0 Å². The molecule has 3 heterocycles. The molecule has 8 rings (SSSR count). The normalized spacial score (nSPS) is 26.0. The molecule has 1 aliphatic heterocycles. The van der Waals surface area contributed by atoms with Gasteiger partial charge in [0.05, 0.1) is 19.8 Å². The van der Waals surface area contributed by atoms with Crippen molar-refractivity contribution in [3.8, 4) is 17.2 Å². The van der Waals surface area contributed by atoms with E-state index in [9.17, 15) is 9.90 Å². The van der Waals surface area contributed by atoms with Crippen LogP contribution in [0.5, 0.6) is 17.2 Å². The Hall–Kier alpha value is -4.21. The number of aryl methyl sites for hydroxylation is 2. The Morgan fingerprint density at radius 1 is 1.11 bits per heavy atom. The lowest BCUT2D eigenvalue weighted by Gasteiger charge is -2.47. The summed E-state index contributed by atoms with van der Waals surface area (Å²) in [5, 5.41) is 14.7. The average molecular weight is 781 g/mol. The number of anilines is 1. The molecule has 0 amide bonds. The van der Waals surface area contributed by atoms with Gasteiger partial charge >= 0.3 is 5.97 Å². The summed E-state index contributed by atoms with van der Waals surface area (Å²) in [6.07, 6.45) is 11.7. The van der Waals surface area contributed by atoms with Crippen molar-refractivity contribution in [2.75, 3.05) is 38.7 Å². The van der Waals surface area contributed by atoms with Gasteiger partial charge in [0.1, 0.15) is 11.3 Å². The molecular formula is C46H57ClN4O5. The van der Waals surface area contributed by atoms with E-state index in [-0.39, 0.29) is 11.3 Å². The first kappa shape index (κ1) is 38.7. The molecule has 1 saturated carbocycles. The van der Waals surface area contributed by atoms with Crippen molar-refractivity contribution in [3.63, 3.8) is 0 Å². The second kappa shape index (κ2) is 16.0. The standard InChI is InChI=1S/C46H57ClN4O5/c1-30(27-54-40-13-18-48-39-12-5-8-31(2)43(39)40)20-34-21-33-22-41-42(56-29-32(28-55-41)25-50(3)26-37-11-7-19-51(37)4)24-38(33)45(34)14-16-46(17-15-45,44(52)53)49-36-10-6-9-35(47)23-36/h6-7,9-11,13,18-19,22-24,30-32,34,49H,5,8,12,14-17,20-21,25-29H2,1-4H3,(H,52,53)/t30-,31-,32?,34+,45?,46?/m1/s1. The SMILES string of the molecule is C[C@@H](COc1ccnc2c1[C@H](C)CCC2)C[C@H]1Cc2cc3c(cc2C12CCC(Nc1cccc(Cl)c1)(C(=O)O)CC2)OCC(CN(C)Cc1cccn1C)CO3. The molecule has 1 fully saturated rings. The molecule has 2 aromatic carbocycles. The van der Waals surface area contributed by atoms with E-state index in [4.69, 9.17) is 25.8 Å². The molecule has 4 atom stereocenters. The smallest absolute Gasteiger partial charge is 0.329 e. The Morgan fingerprint density at radius 2 is 1.89 bits per heavy atom. The molecule has 3 aliphatic carbocycles. The molecule has 0 bridgehead atoms. The number of nitrogens with zero attached hydrogens (tertiary/aromatic N) is 3. The molecule has 4 aliphatic rings. The molecule has 10 heteroatoms. The molecule has 2 aromatic heterocycles. The molecular weight excluding hydrogens is 724 g/mol. The van der Waals surface area contributed by atoms with Crippen LogP contribution in [0.1, 0.15) is 92.8 Å². The van der Waals surface area contributed by atoms with E-state index in [0.717, 1.165) is 68.1 Å². The monoisotopic (exact) mass is 780 g/mol. The minimum Gasteiger partial charge on any atom is -0.493 e. The van der Waals surface area contributed by atoms with E-state index in [1.807, 2.05) is 36.5 Å². The van der Waals surface area contributed by atoms with Crippen molar-refractivity contribution in [1.82, 2.24) is 14.5 Å². The summed E-state index contributed by atoms with van der Waals surface area (Å²) < 4.78 is 21.9. The van der Waals surface area contributed by atoms with Crippen LogP contribution in [-0.4, -0.2) is 64.5 Å². The number of carboxylic acid groups (broad SMARTS) is 1. The van der Waals surface area contributed by atoms with Crippen LogP contribution in [0.25, 0.3) is 0 Å². The maximum atomic E-state index is 13.1. The molecule has 0 saturated heterocycles. The van der Waals surface area contributed by atoms with E-state index in [0.29, 0.717) is 55.4 Å². The number of ether oxygens (including phenoxy) is 3. The number of benzene rings is 2. The second-order valence-corrected chi connectivity index (χ2v) is 17.9. The Morgan fingerprint density at radius 3 is 2.62 bits per heavy atom. The maximum Gasteiger partial charge on any atom is 0.329 e. The lowest BCUT2D eigenvalue weighted by atomic mass is 9.59. The fraction of sp³-hybridized carbons (Fsp3) is 0.522. The Kier molecular flexibility index (Phi) is 11.0. The van der Waals surface area contributed by atoms with Gasteiger partial charge in [0.25, 0.3) is 0 Å². The van der Waals surface area contributed by atoms with Gasteiger partial charge in [-0.3, -0.25) is 4.98 Å². The first-order valence-electron chi connectivity index (χ1n) is 20.6. The van der Waals surface area contributed by atoms with Crippen LogP contribution in [0, 0.1) is 17.8 Å². The average Bonchev–Trinajstić information content (AvgIpc) is 3.63. The molecule has 56 heavy (non-hydrogen) atoms. The van der Waals surface area contributed by atoms with E-state index in [2.05, 4.69) is 78.2 Å². The number of fused-ring (bicyclic) bond motifs is 4. The van der Waals surface area contributed by atoms with Gasteiger partial charge in [-0.1, -0.05) is 31.5 Å². The number of aliphatic carboxylic acids is 1. The quantitative estimate of drug-likeness (QED) is 0.147. The van der Waals surface area contributed by atoms with Crippen LogP contribution < -0.4 is 19.5 Å². The highest BCUT2D eigenvalue weighted by molar-refractivity contribution is 6.30. The van der Waals surface area contributed by atoms with Crippen molar-refractivity contribution in [3.05, 3.63) is 100 Å². The number of nitrogens with one attached hydrogen (secondary N) is 1. The van der Waals surface area contributed by atoms with Crippen LogP contribution in [0.4, 0.5) is 5.69 Å². The van der Waals surface area contributed by atoms with Crippen LogP contribution >= 0.6 is 11.6 Å². The van der Waals surface area contributed by atoms with Crippen LogP contribution in [-0.2, 0) is 36.6 Å². The zero-order chi connectivity index (χ0) is 39.0. The molecule has 9 nitrogen and oxygen atoms in total. The van der Waals surface area contributed by atoms with Gasteiger partial charge < -0.3 is 34.1 Å². The van der Waals surface area contributed by atoms with E-state index in [1.165, 1.54) is 40.9 Å². The first-order chi connectivity index (χ1) is 27.0. The number of aromatic nitrogens is 2. The van der Waals surface area contributed by atoms with Gasteiger partial charge in [0.15, 0.2) is 11.5 Å². The van der Waals surface area contributed by atoms with Gasteiger partial charge in [-0.05, 0) is 148 Å². The third-order valence-corrected chi connectivity index (χ3v) is 13.6. The third-order valence-electron chi connectivity index (χ3n) is 13.4. The van der Waals surface area contributed by atoms with Crippen LogP contribution in [0.2, 0.25) is 5.02 Å². The van der Waals surface area contributed by atoms with Gasteiger partial charge in [0, 0.05) is 66.1 Å². The number of rotatable bonds is 12. The number of hydrogen-bond donors (Lipinski definition) is 2. The van der Waals surface area contributed by atoms with Gasteiger partial charge in [0.2, 0.25) is 0 Å². The van der Waals surface area contributed by atoms with Crippen molar-refractivity contribution >= 4 is 23.3 Å². The Bertz CT molecular complexity index is 2040. The molecule has 298 valence electrons. The minimum atomic E-state index is -1.08. The number of carbonyl (C=O) groups is 1. The number of hydrogen-bond acceptors (Lipinski definition) is 7. The third kappa shape index (κ3) is 7.73. The zero-order valence-corrected chi connectivity index (χ0v) is 34.1. The number of pyridine rings is 1. The Labute approximate surface area is 336 Å². The minimum absolute atomic E-state index is 0.192. The summed E-state index contributed by atoms with van der Waals surface area (Å²) in [7, 11) is 4.24. The second-order valence-electron chi connectivity index (χ2n) is 17.4. The molecule has 4 aromatic rings. The lowest BCUT2D eigenvalue weighted by Crippen LogP contribution is -2.53. The highest BCUT2D eigenvalue weighted by Gasteiger charge is 2.54. The molecule has 2 N–H and O–H groups in total.